The van der Waals surface area contributed by atoms with E-state index < -0.39 is 10.0 Å². The number of methoxy groups -OCH3 is 1. The van der Waals surface area contributed by atoms with Gasteiger partial charge < -0.3 is 15.0 Å². The van der Waals surface area contributed by atoms with Crippen LogP contribution in [0, 0.1) is 5.92 Å². The standard InChI is InChI=1S/C19H31N3O4S/c1-15(2)14-22-10-7-17(8-11-22)21-19(23)16-5-4-6-18(13-16)27(24,25)20-9-12-26-3/h4-6,13,15,17,20H,7-12,14H2,1-3H3,(H,21,23). The third-order valence-electron chi connectivity index (χ3n) is 4.55. The van der Waals surface area contributed by atoms with E-state index in [0.717, 1.165) is 32.5 Å². The Morgan fingerprint density at radius 3 is 2.63 bits per heavy atom. The molecule has 8 heteroatoms. The van der Waals surface area contributed by atoms with Crippen LogP contribution in [0.4, 0.5) is 0 Å². The number of nitrogens with one attached hydrogen (secondary N) is 2. The molecule has 152 valence electrons. The molecule has 0 aromatic heterocycles. The van der Waals surface area contributed by atoms with E-state index in [4.69, 9.17) is 4.74 Å². The number of rotatable bonds is 9. The van der Waals surface area contributed by atoms with Gasteiger partial charge in [-0.1, -0.05) is 19.9 Å². The molecule has 1 amide bonds. The van der Waals surface area contributed by atoms with E-state index in [1.54, 1.807) is 12.1 Å². The lowest BCUT2D eigenvalue weighted by molar-refractivity contribution is 0.0907. The number of hydrogen-bond donors (Lipinski definition) is 2. The first-order chi connectivity index (χ1) is 12.8. The third-order valence-corrected chi connectivity index (χ3v) is 6.01. The molecule has 1 aliphatic rings. The van der Waals surface area contributed by atoms with Crippen molar-refractivity contribution in [1.29, 1.82) is 0 Å². The van der Waals surface area contributed by atoms with Crippen molar-refractivity contribution in [1.82, 2.24) is 14.9 Å². The maximum atomic E-state index is 12.6. The summed E-state index contributed by atoms with van der Waals surface area (Å²) in [5.41, 5.74) is 0.356. The summed E-state index contributed by atoms with van der Waals surface area (Å²) in [6.07, 6.45) is 1.82. The zero-order valence-electron chi connectivity index (χ0n) is 16.4. The number of nitrogens with zero attached hydrogens (tertiary/aromatic N) is 1. The molecule has 1 fully saturated rings. The first-order valence-electron chi connectivity index (χ1n) is 9.43. The van der Waals surface area contributed by atoms with Crippen LogP contribution in [-0.4, -0.2) is 65.2 Å². The van der Waals surface area contributed by atoms with Crippen molar-refractivity contribution in [2.45, 2.75) is 37.6 Å². The molecule has 1 saturated heterocycles. The third kappa shape index (κ3) is 6.88. The van der Waals surface area contributed by atoms with Crippen LogP contribution in [-0.2, 0) is 14.8 Å². The van der Waals surface area contributed by atoms with Crippen molar-refractivity contribution >= 4 is 15.9 Å². The Morgan fingerprint density at radius 2 is 2.00 bits per heavy atom. The van der Waals surface area contributed by atoms with Crippen molar-refractivity contribution in [2.75, 3.05) is 39.9 Å². The zero-order chi connectivity index (χ0) is 19.9. The summed E-state index contributed by atoms with van der Waals surface area (Å²) >= 11 is 0. The van der Waals surface area contributed by atoms with Crippen LogP contribution in [0.1, 0.15) is 37.0 Å². The number of sulfonamides is 1. The quantitative estimate of drug-likeness (QED) is 0.616. The Hall–Kier alpha value is -1.48. The summed E-state index contributed by atoms with van der Waals surface area (Å²) in [6.45, 7) is 7.91. The van der Waals surface area contributed by atoms with Gasteiger partial charge in [0.05, 0.1) is 11.5 Å². The summed E-state index contributed by atoms with van der Waals surface area (Å²) in [6, 6.07) is 6.25. The van der Waals surface area contributed by atoms with Crippen molar-refractivity contribution in [3.05, 3.63) is 29.8 Å². The van der Waals surface area contributed by atoms with Gasteiger partial charge in [-0.2, -0.15) is 0 Å². The first-order valence-corrected chi connectivity index (χ1v) is 10.9. The molecule has 2 rings (SSSR count). The molecule has 0 aliphatic carbocycles. The molecular weight excluding hydrogens is 366 g/mol. The number of hydrogen-bond acceptors (Lipinski definition) is 5. The number of piperidine rings is 1. The molecule has 1 aromatic rings. The van der Waals surface area contributed by atoms with E-state index >= 15 is 0 Å². The minimum Gasteiger partial charge on any atom is -0.383 e. The molecule has 1 heterocycles. The van der Waals surface area contributed by atoms with Gasteiger partial charge in [-0.3, -0.25) is 4.79 Å². The van der Waals surface area contributed by atoms with Gasteiger partial charge in [-0.05, 0) is 37.0 Å². The summed E-state index contributed by atoms with van der Waals surface area (Å²) < 4.78 is 31.9. The number of carbonyl (C=O) groups excluding carboxylic acids is 1. The number of likely N-dealkylation sites (tertiary alicyclic amines) is 1. The van der Waals surface area contributed by atoms with Crippen LogP contribution < -0.4 is 10.0 Å². The molecule has 0 unspecified atom stereocenters. The molecule has 7 nitrogen and oxygen atoms in total. The number of benzene rings is 1. The largest absolute Gasteiger partial charge is 0.383 e. The number of amides is 1. The predicted octanol–water partition coefficient (Wildman–Crippen LogP) is 1.46. The molecule has 1 aliphatic heterocycles. The lowest BCUT2D eigenvalue weighted by atomic mass is 10.0. The van der Waals surface area contributed by atoms with Crippen LogP contribution in [0.3, 0.4) is 0 Å². The predicted molar refractivity (Wildman–Crippen MR) is 105 cm³/mol. The summed E-state index contributed by atoms with van der Waals surface area (Å²) in [5, 5.41) is 3.04. The fourth-order valence-corrected chi connectivity index (χ4v) is 4.27. The summed E-state index contributed by atoms with van der Waals surface area (Å²) in [4.78, 5) is 15.1. The molecule has 0 bridgehead atoms. The molecule has 0 atom stereocenters. The zero-order valence-corrected chi connectivity index (χ0v) is 17.2. The highest BCUT2D eigenvalue weighted by Crippen LogP contribution is 2.15. The molecule has 1 aromatic carbocycles. The van der Waals surface area contributed by atoms with E-state index in [9.17, 15) is 13.2 Å². The van der Waals surface area contributed by atoms with Gasteiger partial charge in [0.25, 0.3) is 5.91 Å². The summed E-state index contributed by atoms with van der Waals surface area (Å²) in [5.74, 6) is 0.407. The lowest BCUT2D eigenvalue weighted by Crippen LogP contribution is -2.45. The second kappa shape index (κ2) is 10.2. The van der Waals surface area contributed by atoms with Crippen LogP contribution in [0.5, 0.6) is 0 Å². The van der Waals surface area contributed by atoms with Gasteiger partial charge >= 0.3 is 0 Å². The Bertz CT molecular complexity index is 713. The Balaban J connectivity index is 1.94. The van der Waals surface area contributed by atoms with E-state index in [0.29, 0.717) is 11.5 Å². The van der Waals surface area contributed by atoms with E-state index in [1.807, 2.05) is 0 Å². The molecular formula is C19H31N3O4S. The van der Waals surface area contributed by atoms with Crippen LogP contribution in [0.15, 0.2) is 29.2 Å². The van der Waals surface area contributed by atoms with Crippen molar-refractivity contribution in [3.63, 3.8) is 0 Å². The van der Waals surface area contributed by atoms with Gasteiger partial charge in [0.2, 0.25) is 10.0 Å². The van der Waals surface area contributed by atoms with Gasteiger partial charge in [-0.25, -0.2) is 13.1 Å². The highest BCUT2D eigenvalue weighted by molar-refractivity contribution is 7.89. The maximum Gasteiger partial charge on any atom is 0.251 e. The molecule has 2 N–H and O–H groups in total. The van der Waals surface area contributed by atoms with Crippen molar-refractivity contribution in [2.24, 2.45) is 5.92 Å². The van der Waals surface area contributed by atoms with E-state index in [-0.39, 0.29) is 30.0 Å². The first kappa shape index (κ1) is 21.8. The second-order valence-electron chi connectivity index (χ2n) is 7.36. The van der Waals surface area contributed by atoms with Crippen LogP contribution >= 0.6 is 0 Å². The highest BCUT2D eigenvalue weighted by atomic mass is 32.2. The minimum atomic E-state index is -3.66. The summed E-state index contributed by atoms with van der Waals surface area (Å²) in [7, 11) is -2.15. The Kier molecular flexibility index (Phi) is 8.22. The molecule has 27 heavy (non-hydrogen) atoms. The Morgan fingerprint density at radius 1 is 1.30 bits per heavy atom. The topological polar surface area (TPSA) is 87.7 Å². The van der Waals surface area contributed by atoms with Gasteiger partial charge in [0.1, 0.15) is 0 Å². The average Bonchev–Trinajstić information content (AvgIpc) is 2.63. The lowest BCUT2D eigenvalue weighted by Gasteiger charge is -2.33. The SMILES string of the molecule is COCCNS(=O)(=O)c1cccc(C(=O)NC2CCN(CC(C)C)CC2)c1. The monoisotopic (exact) mass is 397 g/mol. The van der Waals surface area contributed by atoms with Crippen LogP contribution in [0.2, 0.25) is 0 Å². The van der Waals surface area contributed by atoms with Crippen LogP contribution in [0.25, 0.3) is 0 Å². The molecule has 0 spiro atoms. The number of carbonyl (C=O) groups is 1. The highest BCUT2D eigenvalue weighted by Gasteiger charge is 2.22. The second-order valence-corrected chi connectivity index (χ2v) is 9.13. The van der Waals surface area contributed by atoms with E-state index in [1.165, 1.54) is 19.2 Å². The van der Waals surface area contributed by atoms with E-state index in [2.05, 4.69) is 28.8 Å². The smallest absolute Gasteiger partial charge is 0.251 e. The Labute approximate surface area is 162 Å². The normalized spacial score (nSPS) is 16.6. The molecule has 0 radical (unpaired) electrons. The molecule has 0 saturated carbocycles. The average molecular weight is 398 g/mol. The maximum absolute atomic E-state index is 12.6. The fraction of sp³-hybridized carbons (Fsp3) is 0.632. The fourth-order valence-electron chi connectivity index (χ4n) is 3.21. The minimum absolute atomic E-state index is 0.0815. The van der Waals surface area contributed by atoms with Crippen molar-refractivity contribution < 1.29 is 17.9 Å². The van der Waals surface area contributed by atoms with Gasteiger partial charge in [0.15, 0.2) is 0 Å². The van der Waals surface area contributed by atoms with Crippen molar-refractivity contribution in [3.8, 4) is 0 Å². The van der Waals surface area contributed by atoms with Gasteiger partial charge in [-0.15, -0.1) is 0 Å². The number of ether oxygens (including phenoxy) is 1. The van der Waals surface area contributed by atoms with Gasteiger partial charge in [0, 0.05) is 44.9 Å².